The van der Waals surface area contributed by atoms with Crippen molar-refractivity contribution in [3.05, 3.63) is 48.0 Å². The van der Waals surface area contributed by atoms with Gasteiger partial charge in [-0.2, -0.15) is 5.10 Å². The summed E-state index contributed by atoms with van der Waals surface area (Å²) in [4.78, 5) is 11.8. The van der Waals surface area contributed by atoms with E-state index >= 15 is 0 Å². The molecule has 140 valence electrons. The molecule has 0 saturated carbocycles. The van der Waals surface area contributed by atoms with Crippen LogP contribution in [0.5, 0.6) is 0 Å². The van der Waals surface area contributed by atoms with Crippen LogP contribution in [0, 0.1) is 0 Å². The SMILES string of the molecule is CCCCCCCCCCCC(=O)NN=Cc1ccc2ccccc2c1. The number of hydrogen-bond donors (Lipinski definition) is 1. The van der Waals surface area contributed by atoms with E-state index < -0.39 is 0 Å². The second kappa shape index (κ2) is 12.2. The first-order chi connectivity index (χ1) is 12.8. The first-order valence-electron chi connectivity index (χ1n) is 10.1. The fourth-order valence-corrected chi connectivity index (χ4v) is 3.12. The zero-order chi connectivity index (χ0) is 18.5. The normalized spacial score (nSPS) is 11.3. The van der Waals surface area contributed by atoms with Gasteiger partial charge in [0, 0.05) is 6.42 Å². The third-order valence-electron chi connectivity index (χ3n) is 4.68. The van der Waals surface area contributed by atoms with Gasteiger partial charge in [-0.3, -0.25) is 4.79 Å². The van der Waals surface area contributed by atoms with Gasteiger partial charge in [0.1, 0.15) is 0 Å². The highest BCUT2D eigenvalue weighted by Gasteiger charge is 1.99. The Balaban J connectivity index is 1.57. The lowest BCUT2D eigenvalue weighted by Crippen LogP contribution is -2.16. The first-order valence-corrected chi connectivity index (χ1v) is 10.1. The minimum Gasteiger partial charge on any atom is -0.273 e. The molecule has 1 amide bonds. The largest absolute Gasteiger partial charge is 0.273 e. The van der Waals surface area contributed by atoms with Crippen LogP contribution >= 0.6 is 0 Å². The average Bonchev–Trinajstić information content (AvgIpc) is 2.66. The summed E-state index contributed by atoms with van der Waals surface area (Å²) in [5.74, 6) is 0.00462. The molecule has 0 spiro atoms. The Bertz CT molecular complexity index is 693. The number of unbranched alkanes of at least 4 members (excludes halogenated alkanes) is 8. The Morgan fingerprint density at radius 3 is 2.27 bits per heavy atom. The van der Waals surface area contributed by atoms with Gasteiger partial charge in [0.05, 0.1) is 6.21 Å². The lowest BCUT2D eigenvalue weighted by molar-refractivity contribution is -0.121. The maximum atomic E-state index is 11.8. The molecule has 2 rings (SSSR count). The van der Waals surface area contributed by atoms with E-state index in [9.17, 15) is 4.79 Å². The number of hydrazone groups is 1. The van der Waals surface area contributed by atoms with Crippen LogP contribution in [0.2, 0.25) is 0 Å². The van der Waals surface area contributed by atoms with Crippen molar-refractivity contribution in [1.82, 2.24) is 5.43 Å². The van der Waals surface area contributed by atoms with Gasteiger partial charge in [-0.05, 0) is 28.8 Å². The van der Waals surface area contributed by atoms with E-state index in [0.29, 0.717) is 6.42 Å². The predicted octanol–water partition coefficient (Wildman–Crippen LogP) is 6.21. The standard InChI is InChI=1S/C23H32N2O/c1-2-3-4-5-6-7-8-9-10-15-23(26)25-24-19-20-16-17-21-13-11-12-14-22(21)18-20/h11-14,16-19H,2-10,15H2,1H3,(H,25,26). The molecule has 0 radical (unpaired) electrons. The van der Waals surface area contributed by atoms with Gasteiger partial charge < -0.3 is 0 Å². The van der Waals surface area contributed by atoms with Gasteiger partial charge in [-0.25, -0.2) is 5.43 Å². The number of rotatable bonds is 12. The molecular weight excluding hydrogens is 320 g/mol. The highest BCUT2D eigenvalue weighted by Crippen LogP contribution is 2.14. The number of amides is 1. The monoisotopic (exact) mass is 352 g/mol. The molecule has 2 aromatic rings. The van der Waals surface area contributed by atoms with Crippen molar-refractivity contribution in [2.45, 2.75) is 71.1 Å². The van der Waals surface area contributed by atoms with Crippen molar-refractivity contribution in [1.29, 1.82) is 0 Å². The predicted molar refractivity (Wildman–Crippen MR) is 112 cm³/mol. The van der Waals surface area contributed by atoms with E-state index in [-0.39, 0.29) is 5.91 Å². The third kappa shape index (κ3) is 7.81. The number of benzene rings is 2. The number of hydrogen-bond acceptors (Lipinski definition) is 2. The summed E-state index contributed by atoms with van der Waals surface area (Å²) in [6.45, 7) is 2.25. The van der Waals surface area contributed by atoms with Gasteiger partial charge in [-0.1, -0.05) is 94.7 Å². The number of nitrogens with one attached hydrogen (secondary N) is 1. The van der Waals surface area contributed by atoms with Crippen molar-refractivity contribution >= 4 is 22.9 Å². The van der Waals surface area contributed by atoms with Gasteiger partial charge >= 0.3 is 0 Å². The van der Waals surface area contributed by atoms with Crippen molar-refractivity contribution in [2.24, 2.45) is 5.10 Å². The van der Waals surface area contributed by atoms with Crippen LogP contribution in [0.25, 0.3) is 10.8 Å². The summed E-state index contributed by atoms with van der Waals surface area (Å²) in [6, 6.07) is 14.4. The summed E-state index contributed by atoms with van der Waals surface area (Å²) in [5, 5.41) is 6.47. The lowest BCUT2D eigenvalue weighted by atomic mass is 10.1. The molecule has 0 aliphatic rings. The summed E-state index contributed by atoms with van der Waals surface area (Å²) in [7, 11) is 0. The van der Waals surface area contributed by atoms with Gasteiger partial charge in [0.25, 0.3) is 0 Å². The van der Waals surface area contributed by atoms with Crippen LogP contribution in [-0.4, -0.2) is 12.1 Å². The summed E-state index contributed by atoms with van der Waals surface area (Å²) in [6.07, 6.45) is 13.6. The van der Waals surface area contributed by atoms with E-state index in [0.717, 1.165) is 18.4 Å². The molecule has 0 aromatic heterocycles. The van der Waals surface area contributed by atoms with Crippen LogP contribution in [0.15, 0.2) is 47.6 Å². The van der Waals surface area contributed by atoms with Crippen LogP contribution in [0.1, 0.15) is 76.7 Å². The Hall–Kier alpha value is -2.16. The van der Waals surface area contributed by atoms with E-state index in [1.807, 2.05) is 18.2 Å². The fourth-order valence-electron chi connectivity index (χ4n) is 3.12. The lowest BCUT2D eigenvalue weighted by Gasteiger charge is -2.02. The van der Waals surface area contributed by atoms with Crippen LogP contribution in [0.3, 0.4) is 0 Å². The Labute approximate surface area is 157 Å². The van der Waals surface area contributed by atoms with E-state index in [1.54, 1.807) is 6.21 Å². The van der Waals surface area contributed by atoms with Crippen molar-refractivity contribution in [2.75, 3.05) is 0 Å². The van der Waals surface area contributed by atoms with Gasteiger partial charge in [-0.15, -0.1) is 0 Å². The second-order valence-corrected chi connectivity index (χ2v) is 6.98. The van der Waals surface area contributed by atoms with Crippen molar-refractivity contribution in [3.63, 3.8) is 0 Å². The summed E-state index contributed by atoms with van der Waals surface area (Å²) < 4.78 is 0. The maximum absolute atomic E-state index is 11.8. The Morgan fingerprint density at radius 2 is 1.54 bits per heavy atom. The maximum Gasteiger partial charge on any atom is 0.240 e. The van der Waals surface area contributed by atoms with Crippen LogP contribution in [0.4, 0.5) is 0 Å². The Kier molecular flexibility index (Phi) is 9.48. The zero-order valence-corrected chi connectivity index (χ0v) is 16.0. The zero-order valence-electron chi connectivity index (χ0n) is 16.0. The molecular formula is C23H32N2O. The molecule has 26 heavy (non-hydrogen) atoms. The van der Waals surface area contributed by atoms with Crippen LogP contribution in [-0.2, 0) is 4.79 Å². The second-order valence-electron chi connectivity index (χ2n) is 6.98. The van der Waals surface area contributed by atoms with E-state index in [2.05, 4.69) is 41.7 Å². The minimum atomic E-state index is 0.00462. The van der Waals surface area contributed by atoms with Crippen molar-refractivity contribution < 1.29 is 4.79 Å². The molecule has 0 fully saturated rings. The molecule has 0 unspecified atom stereocenters. The molecule has 0 bridgehead atoms. The number of fused-ring (bicyclic) bond motifs is 1. The van der Waals surface area contributed by atoms with E-state index in [1.165, 1.54) is 55.7 Å². The van der Waals surface area contributed by atoms with Crippen molar-refractivity contribution in [3.8, 4) is 0 Å². The number of carbonyl (C=O) groups is 1. The summed E-state index contributed by atoms with van der Waals surface area (Å²) in [5.41, 5.74) is 3.63. The molecule has 2 aromatic carbocycles. The molecule has 3 nitrogen and oxygen atoms in total. The number of carbonyl (C=O) groups excluding carboxylic acids is 1. The molecule has 3 heteroatoms. The average molecular weight is 353 g/mol. The topological polar surface area (TPSA) is 41.5 Å². The molecule has 0 atom stereocenters. The summed E-state index contributed by atoms with van der Waals surface area (Å²) >= 11 is 0. The van der Waals surface area contributed by atoms with Gasteiger partial charge in [0.15, 0.2) is 0 Å². The molecule has 0 heterocycles. The number of nitrogens with zero attached hydrogens (tertiary/aromatic N) is 1. The molecule has 1 N–H and O–H groups in total. The van der Waals surface area contributed by atoms with E-state index in [4.69, 9.17) is 0 Å². The van der Waals surface area contributed by atoms with Crippen LogP contribution < -0.4 is 5.43 Å². The fraction of sp³-hybridized carbons (Fsp3) is 0.478. The highest BCUT2D eigenvalue weighted by molar-refractivity contribution is 5.90. The molecule has 0 saturated heterocycles. The van der Waals surface area contributed by atoms with Gasteiger partial charge in [0.2, 0.25) is 5.91 Å². The molecule has 0 aliphatic heterocycles. The smallest absolute Gasteiger partial charge is 0.240 e. The third-order valence-corrected chi connectivity index (χ3v) is 4.68. The Morgan fingerprint density at radius 1 is 0.885 bits per heavy atom. The quantitative estimate of drug-likeness (QED) is 0.275. The minimum absolute atomic E-state index is 0.00462. The first kappa shape index (κ1) is 20.2. The highest BCUT2D eigenvalue weighted by atomic mass is 16.2. The molecule has 0 aliphatic carbocycles.